The Morgan fingerprint density at radius 1 is 1.00 bits per heavy atom. The Morgan fingerprint density at radius 2 is 1.71 bits per heavy atom. The molecule has 5 heteroatoms. The lowest BCUT2D eigenvalue weighted by Crippen LogP contribution is -2.43. The summed E-state index contributed by atoms with van der Waals surface area (Å²) in [4.78, 5) is 24.8. The first-order chi connectivity index (χ1) is 13.6. The van der Waals surface area contributed by atoms with Crippen molar-refractivity contribution in [1.29, 1.82) is 0 Å². The van der Waals surface area contributed by atoms with E-state index in [4.69, 9.17) is 4.74 Å². The third-order valence-corrected chi connectivity index (χ3v) is 5.24. The van der Waals surface area contributed by atoms with E-state index in [1.165, 1.54) is 6.42 Å². The summed E-state index contributed by atoms with van der Waals surface area (Å²) in [6.07, 6.45) is 4.55. The summed E-state index contributed by atoms with van der Waals surface area (Å²) in [5.41, 5.74) is 1.45. The van der Waals surface area contributed by atoms with E-state index in [-0.39, 0.29) is 24.5 Å². The highest BCUT2D eigenvalue weighted by Crippen LogP contribution is 2.23. The largest absolute Gasteiger partial charge is 0.483 e. The maximum Gasteiger partial charge on any atom is 0.258 e. The molecular weight excluding hydrogens is 352 g/mol. The molecule has 1 fully saturated rings. The van der Waals surface area contributed by atoms with E-state index in [1.807, 2.05) is 30.3 Å². The summed E-state index contributed by atoms with van der Waals surface area (Å²) in [6.45, 7) is 2.53. The molecule has 2 aromatic carbocycles. The number of carbonyl (C=O) groups excluding carboxylic acids is 2. The second-order valence-corrected chi connectivity index (χ2v) is 7.39. The lowest BCUT2D eigenvalue weighted by Gasteiger charge is -2.29. The van der Waals surface area contributed by atoms with Gasteiger partial charge in [0.25, 0.3) is 11.8 Å². The van der Waals surface area contributed by atoms with Crippen molar-refractivity contribution in [3.8, 4) is 5.75 Å². The second-order valence-electron chi connectivity index (χ2n) is 7.39. The smallest absolute Gasteiger partial charge is 0.258 e. The summed E-state index contributed by atoms with van der Waals surface area (Å²) in [7, 11) is 0. The van der Waals surface area contributed by atoms with E-state index in [0.29, 0.717) is 23.8 Å². The molecular formula is C23H28N2O3. The lowest BCUT2D eigenvalue weighted by molar-refractivity contribution is -0.124. The predicted octanol–water partition coefficient (Wildman–Crippen LogP) is 3.69. The van der Waals surface area contributed by atoms with Crippen LogP contribution in [0.25, 0.3) is 0 Å². The Morgan fingerprint density at radius 3 is 2.50 bits per heavy atom. The van der Waals surface area contributed by atoms with Crippen LogP contribution in [0.2, 0.25) is 0 Å². The van der Waals surface area contributed by atoms with Crippen LogP contribution in [0.15, 0.2) is 54.6 Å². The molecule has 0 saturated heterocycles. The number of amides is 2. The fraction of sp³-hybridized carbons (Fsp3) is 0.391. The number of benzene rings is 2. The van der Waals surface area contributed by atoms with Crippen molar-refractivity contribution in [2.45, 2.75) is 45.2 Å². The molecule has 0 radical (unpaired) electrons. The van der Waals surface area contributed by atoms with Crippen LogP contribution in [-0.2, 0) is 11.3 Å². The van der Waals surface area contributed by atoms with Crippen LogP contribution >= 0.6 is 0 Å². The summed E-state index contributed by atoms with van der Waals surface area (Å²) >= 11 is 0. The average Bonchev–Trinajstić information content (AvgIpc) is 2.73. The molecule has 2 atom stereocenters. The summed E-state index contributed by atoms with van der Waals surface area (Å²) in [5, 5.41) is 5.97. The Hall–Kier alpha value is -2.82. The minimum absolute atomic E-state index is 0.0911. The van der Waals surface area contributed by atoms with Crippen molar-refractivity contribution in [1.82, 2.24) is 10.6 Å². The van der Waals surface area contributed by atoms with E-state index in [0.717, 1.165) is 24.8 Å². The van der Waals surface area contributed by atoms with E-state index >= 15 is 0 Å². The molecule has 3 rings (SSSR count). The molecule has 148 valence electrons. The van der Waals surface area contributed by atoms with Gasteiger partial charge in [-0.2, -0.15) is 0 Å². The molecule has 0 heterocycles. The number of carbonyl (C=O) groups is 2. The normalized spacial score (nSPS) is 18.9. The van der Waals surface area contributed by atoms with Gasteiger partial charge in [0.1, 0.15) is 5.75 Å². The lowest BCUT2D eigenvalue weighted by atomic mass is 9.86. The Labute approximate surface area is 166 Å². The van der Waals surface area contributed by atoms with Crippen molar-refractivity contribution in [3.63, 3.8) is 0 Å². The monoisotopic (exact) mass is 380 g/mol. The van der Waals surface area contributed by atoms with Gasteiger partial charge in [-0.1, -0.05) is 62.2 Å². The fourth-order valence-corrected chi connectivity index (χ4v) is 3.58. The van der Waals surface area contributed by atoms with Gasteiger partial charge in [0.15, 0.2) is 6.61 Å². The van der Waals surface area contributed by atoms with Gasteiger partial charge in [-0.05, 0) is 36.5 Å². The van der Waals surface area contributed by atoms with Gasteiger partial charge in [-0.15, -0.1) is 0 Å². The van der Waals surface area contributed by atoms with E-state index in [9.17, 15) is 9.59 Å². The van der Waals surface area contributed by atoms with Crippen LogP contribution in [0.5, 0.6) is 5.75 Å². The number of nitrogens with one attached hydrogen (secondary N) is 2. The van der Waals surface area contributed by atoms with Crippen molar-refractivity contribution < 1.29 is 14.3 Å². The number of rotatable bonds is 7. The first kappa shape index (κ1) is 19.9. The van der Waals surface area contributed by atoms with E-state index in [1.54, 1.807) is 24.3 Å². The van der Waals surface area contributed by atoms with Crippen LogP contribution in [-0.4, -0.2) is 24.5 Å². The zero-order valence-electron chi connectivity index (χ0n) is 16.3. The van der Waals surface area contributed by atoms with Gasteiger partial charge < -0.3 is 15.4 Å². The highest BCUT2D eigenvalue weighted by Gasteiger charge is 2.23. The maximum absolute atomic E-state index is 12.6. The van der Waals surface area contributed by atoms with Crippen molar-refractivity contribution in [2.24, 2.45) is 5.92 Å². The highest BCUT2D eigenvalue weighted by molar-refractivity contribution is 5.97. The van der Waals surface area contributed by atoms with Crippen molar-refractivity contribution >= 4 is 11.8 Å². The second kappa shape index (κ2) is 9.93. The minimum atomic E-state index is -0.222. The Balaban J connectivity index is 1.54. The minimum Gasteiger partial charge on any atom is -0.483 e. The summed E-state index contributed by atoms with van der Waals surface area (Å²) in [6, 6.07) is 16.9. The molecule has 28 heavy (non-hydrogen) atoms. The molecule has 0 aliphatic heterocycles. The Bertz CT molecular complexity index is 791. The SMILES string of the molecule is C[C@H]1CCCC[C@@H]1NC(=O)COc1ccccc1C(=O)NCc1ccccc1. The van der Waals surface area contributed by atoms with Crippen LogP contribution < -0.4 is 15.4 Å². The first-order valence-corrected chi connectivity index (χ1v) is 9.97. The average molecular weight is 380 g/mol. The van der Waals surface area contributed by atoms with Crippen LogP contribution in [0.1, 0.15) is 48.5 Å². The summed E-state index contributed by atoms with van der Waals surface area (Å²) < 4.78 is 5.68. The van der Waals surface area contributed by atoms with Crippen LogP contribution in [0, 0.1) is 5.92 Å². The van der Waals surface area contributed by atoms with E-state index in [2.05, 4.69) is 17.6 Å². The van der Waals surface area contributed by atoms with Crippen LogP contribution in [0.3, 0.4) is 0 Å². The maximum atomic E-state index is 12.6. The number of para-hydroxylation sites is 1. The number of hydrogen-bond donors (Lipinski definition) is 2. The third kappa shape index (κ3) is 5.59. The molecule has 1 aliphatic carbocycles. The quantitative estimate of drug-likeness (QED) is 0.770. The highest BCUT2D eigenvalue weighted by atomic mass is 16.5. The number of ether oxygens (including phenoxy) is 1. The topological polar surface area (TPSA) is 67.4 Å². The molecule has 2 N–H and O–H groups in total. The van der Waals surface area contributed by atoms with Gasteiger partial charge >= 0.3 is 0 Å². The summed E-state index contributed by atoms with van der Waals surface area (Å²) in [5.74, 6) is 0.549. The molecule has 0 spiro atoms. The standard InChI is InChI=1S/C23H28N2O3/c1-17-9-5-7-13-20(17)25-22(26)16-28-21-14-8-6-12-19(21)23(27)24-15-18-10-3-2-4-11-18/h2-4,6,8,10-12,14,17,20H,5,7,9,13,15-16H2,1H3,(H,24,27)(H,25,26)/t17-,20-/m0/s1. The molecule has 5 nitrogen and oxygen atoms in total. The molecule has 0 unspecified atom stereocenters. The zero-order chi connectivity index (χ0) is 19.8. The van der Waals surface area contributed by atoms with Gasteiger partial charge in [0.2, 0.25) is 0 Å². The molecule has 0 bridgehead atoms. The molecule has 1 saturated carbocycles. The molecule has 2 aromatic rings. The zero-order valence-corrected chi connectivity index (χ0v) is 16.3. The molecule has 0 aromatic heterocycles. The van der Waals surface area contributed by atoms with Crippen molar-refractivity contribution in [2.75, 3.05) is 6.61 Å². The number of hydrogen-bond acceptors (Lipinski definition) is 3. The first-order valence-electron chi connectivity index (χ1n) is 9.97. The van der Waals surface area contributed by atoms with Crippen molar-refractivity contribution in [3.05, 3.63) is 65.7 Å². The van der Waals surface area contributed by atoms with Gasteiger partial charge in [0, 0.05) is 12.6 Å². The van der Waals surface area contributed by atoms with Gasteiger partial charge in [-0.3, -0.25) is 9.59 Å². The Kier molecular flexibility index (Phi) is 7.06. The van der Waals surface area contributed by atoms with Crippen LogP contribution in [0.4, 0.5) is 0 Å². The fourth-order valence-electron chi connectivity index (χ4n) is 3.58. The molecule has 1 aliphatic rings. The van der Waals surface area contributed by atoms with Gasteiger partial charge in [0.05, 0.1) is 5.56 Å². The third-order valence-electron chi connectivity index (χ3n) is 5.24. The molecule has 2 amide bonds. The predicted molar refractivity (Wildman–Crippen MR) is 109 cm³/mol. The van der Waals surface area contributed by atoms with E-state index < -0.39 is 0 Å². The van der Waals surface area contributed by atoms with Gasteiger partial charge in [-0.25, -0.2) is 0 Å².